The van der Waals surface area contributed by atoms with Crippen LogP contribution >= 0.6 is 0 Å². The maximum Gasteiger partial charge on any atom is 0.408 e. The Hall–Kier alpha value is -0.770. The normalized spacial score (nSPS) is 20.6. The van der Waals surface area contributed by atoms with Crippen LogP contribution in [0.4, 0.5) is 4.79 Å². The molecule has 1 N–H and O–H groups in total. The minimum Gasteiger partial charge on any atom is -0.444 e. The highest BCUT2D eigenvalue weighted by atomic mass is 16.6. The molecule has 20 heavy (non-hydrogen) atoms. The van der Waals surface area contributed by atoms with Gasteiger partial charge in [0, 0.05) is 6.54 Å². The number of likely N-dealkylation sites (N-methyl/N-ethyl adjacent to an activating group) is 1. The molecule has 118 valence electrons. The summed E-state index contributed by atoms with van der Waals surface area (Å²) in [6.45, 7) is 8.70. The van der Waals surface area contributed by atoms with Gasteiger partial charge in [-0.05, 0) is 60.5 Å². The molecule has 1 amide bonds. The number of carbonyl (C=O) groups excluding carboxylic acids is 1. The second-order valence-corrected chi connectivity index (χ2v) is 7.62. The van der Waals surface area contributed by atoms with E-state index in [9.17, 15) is 4.79 Å². The second kappa shape index (κ2) is 6.79. The molecule has 0 aliphatic heterocycles. The lowest BCUT2D eigenvalue weighted by molar-refractivity contribution is 0.0365. The van der Waals surface area contributed by atoms with E-state index in [1.807, 2.05) is 20.8 Å². The molecule has 1 aliphatic carbocycles. The van der Waals surface area contributed by atoms with Gasteiger partial charge in [0.05, 0.1) is 5.54 Å². The van der Waals surface area contributed by atoms with Crippen LogP contribution in [0.15, 0.2) is 0 Å². The number of amides is 1. The van der Waals surface area contributed by atoms with Crippen molar-refractivity contribution < 1.29 is 9.53 Å². The number of hydrogen-bond donors (Lipinski definition) is 1. The summed E-state index contributed by atoms with van der Waals surface area (Å²) in [4.78, 5) is 14.3. The molecule has 0 spiro atoms. The SMILES string of the molecule is CN(C)C[C@@](C)(NC(=O)OC(C)(C)C)C1CCCCC1. The molecule has 0 aromatic carbocycles. The van der Waals surface area contributed by atoms with Gasteiger partial charge in [-0.2, -0.15) is 0 Å². The minimum atomic E-state index is -0.449. The second-order valence-electron chi connectivity index (χ2n) is 7.62. The molecule has 0 saturated heterocycles. The predicted octanol–water partition coefficient (Wildman–Crippen LogP) is 3.41. The Morgan fingerprint density at radius 1 is 1.15 bits per heavy atom. The third kappa shape index (κ3) is 5.70. The lowest BCUT2D eigenvalue weighted by Gasteiger charge is -2.42. The fourth-order valence-corrected chi connectivity index (χ4v) is 3.20. The van der Waals surface area contributed by atoms with E-state index >= 15 is 0 Å². The topological polar surface area (TPSA) is 41.6 Å². The maximum atomic E-state index is 12.1. The van der Waals surface area contributed by atoms with Gasteiger partial charge in [-0.1, -0.05) is 19.3 Å². The van der Waals surface area contributed by atoms with Crippen LogP contribution in [0.25, 0.3) is 0 Å². The standard InChI is InChI=1S/C16H32N2O2/c1-15(2,3)20-14(19)17-16(4,12-18(5)6)13-10-8-7-9-11-13/h13H,7-12H2,1-6H3,(H,17,19)/t16-/m1/s1. The van der Waals surface area contributed by atoms with E-state index in [-0.39, 0.29) is 11.6 Å². The van der Waals surface area contributed by atoms with Crippen LogP contribution < -0.4 is 5.32 Å². The van der Waals surface area contributed by atoms with Gasteiger partial charge in [-0.15, -0.1) is 0 Å². The van der Waals surface area contributed by atoms with Crippen LogP contribution in [0.2, 0.25) is 0 Å². The first-order valence-corrected chi connectivity index (χ1v) is 7.78. The number of ether oxygens (including phenoxy) is 1. The Bertz CT molecular complexity index is 317. The predicted molar refractivity (Wildman–Crippen MR) is 82.9 cm³/mol. The van der Waals surface area contributed by atoms with Gasteiger partial charge in [0.2, 0.25) is 0 Å². The molecule has 1 aliphatic rings. The summed E-state index contributed by atoms with van der Waals surface area (Å²) < 4.78 is 5.44. The maximum absolute atomic E-state index is 12.1. The third-order valence-electron chi connectivity index (χ3n) is 3.94. The average molecular weight is 284 g/mol. The van der Waals surface area contributed by atoms with Gasteiger partial charge in [0.25, 0.3) is 0 Å². The van der Waals surface area contributed by atoms with E-state index in [2.05, 4.69) is 31.2 Å². The molecule has 0 bridgehead atoms. The van der Waals surface area contributed by atoms with Crippen molar-refractivity contribution in [2.75, 3.05) is 20.6 Å². The molecule has 1 fully saturated rings. The molecule has 0 heterocycles. The van der Waals surface area contributed by atoms with Crippen LogP contribution in [0.5, 0.6) is 0 Å². The van der Waals surface area contributed by atoms with Gasteiger partial charge in [0.1, 0.15) is 5.60 Å². The first-order valence-electron chi connectivity index (χ1n) is 7.78. The molecule has 0 aromatic heterocycles. The molecule has 0 radical (unpaired) electrons. The Balaban J connectivity index is 2.74. The summed E-state index contributed by atoms with van der Waals surface area (Å²) >= 11 is 0. The van der Waals surface area contributed by atoms with Crippen LogP contribution in [0.3, 0.4) is 0 Å². The fraction of sp³-hybridized carbons (Fsp3) is 0.938. The summed E-state index contributed by atoms with van der Waals surface area (Å²) in [7, 11) is 4.11. The number of nitrogens with zero attached hydrogens (tertiary/aromatic N) is 1. The van der Waals surface area contributed by atoms with Crippen molar-refractivity contribution in [1.29, 1.82) is 0 Å². The molecule has 1 saturated carbocycles. The Labute approximate surface area is 124 Å². The van der Waals surface area contributed by atoms with Crippen molar-refractivity contribution in [3.05, 3.63) is 0 Å². The fourth-order valence-electron chi connectivity index (χ4n) is 3.20. The van der Waals surface area contributed by atoms with E-state index in [4.69, 9.17) is 4.74 Å². The van der Waals surface area contributed by atoms with Crippen LogP contribution in [0, 0.1) is 5.92 Å². The van der Waals surface area contributed by atoms with Crippen LogP contribution in [-0.2, 0) is 4.74 Å². The molecule has 1 rings (SSSR count). The van der Waals surface area contributed by atoms with Crippen molar-refractivity contribution in [2.24, 2.45) is 5.92 Å². The zero-order valence-electron chi connectivity index (χ0n) is 14.1. The summed E-state index contributed by atoms with van der Waals surface area (Å²) in [5.74, 6) is 0.533. The van der Waals surface area contributed by atoms with Gasteiger partial charge in [-0.3, -0.25) is 0 Å². The first-order chi connectivity index (χ1) is 9.12. The Kier molecular flexibility index (Phi) is 5.87. The van der Waals surface area contributed by atoms with Crippen molar-refractivity contribution in [3.8, 4) is 0 Å². The molecule has 1 atom stereocenters. The summed E-state index contributed by atoms with van der Waals surface area (Å²) in [5.41, 5.74) is -0.665. The van der Waals surface area contributed by atoms with Crippen molar-refractivity contribution in [3.63, 3.8) is 0 Å². The number of carbonyl (C=O) groups is 1. The number of alkyl carbamates (subject to hydrolysis) is 1. The van der Waals surface area contributed by atoms with Gasteiger partial charge in [-0.25, -0.2) is 4.79 Å². The lowest BCUT2D eigenvalue weighted by Crippen LogP contribution is -2.58. The molecular formula is C16H32N2O2. The average Bonchev–Trinajstić information content (AvgIpc) is 2.26. The van der Waals surface area contributed by atoms with Crippen LogP contribution in [-0.4, -0.2) is 42.8 Å². The first kappa shape index (κ1) is 17.3. The van der Waals surface area contributed by atoms with E-state index < -0.39 is 5.60 Å². The summed E-state index contributed by atoms with van der Waals surface area (Å²) in [6.07, 6.45) is 5.95. The molecule has 4 nitrogen and oxygen atoms in total. The largest absolute Gasteiger partial charge is 0.444 e. The summed E-state index contributed by atoms with van der Waals surface area (Å²) in [6, 6.07) is 0. The quantitative estimate of drug-likeness (QED) is 0.860. The highest BCUT2D eigenvalue weighted by Crippen LogP contribution is 2.33. The lowest BCUT2D eigenvalue weighted by atomic mass is 9.75. The minimum absolute atomic E-state index is 0.216. The Morgan fingerprint density at radius 3 is 2.15 bits per heavy atom. The zero-order valence-corrected chi connectivity index (χ0v) is 14.1. The van der Waals surface area contributed by atoms with E-state index in [1.165, 1.54) is 32.1 Å². The van der Waals surface area contributed by atoms with E-state index in [0.717, 1.165) is 6.54 Å². The number of nitrogens with one attached hydrogen (secondary N) is 1. The van der Waals surface area contributed by atoms with E-state index in [1.54, 1.807) is 0 Å². The summed E-state index contributed by atoms with van der Waals surface area (Å²) in [5, 5.41) is 3.15. The van der Waals surface area contributed by atoms with Gasteiger partial charge < -0.3 is 15.0 Å². The number of rotatable bonds is 4. The number of hydrogen-bond acceptors (Lipinski definition) is 3. The highest BCUT2D eigenvalue weighted by molar-refractivity contribution is 5.68. The third-order valence-corrected chi connectivity index (χ3v) is 3.94. The van der Waals surface area contributed by atoms with Crippen molar-refractivity contribution in [1.82, 2.24) is 10.2 Å². The van der Waals surface area contributed by atoms with Crippen LogP contribution in [0.1, 0.15) is 59.8 Å². The molecular weight excluding hydrogens is 252 g/mol. The van der Waals surface area contributed by atoms with Gasteiger partial charge >= 0.3 is 6.09 Å². The molecule has 0 aromatic rings. The zero-order chi connectivity index (χ0) is 15.4. The smallest absolute Gasteiger partial charge is 0.408 e. The van der Waals surface area contributed by atoms with Crippen molar-refractivity contribution >= 4 is 6.09 Å². The Morgan fingerprint density at radius 2 is 1.70 bits per heavy atom. The molecule has 0 unspecified atom stereocenters. The highest BCUT2D eigenvalue weighted by Gasteiger charge is 2.37. The van der Waals surface area contributed by atoms with Gasteiger partial charge in [0.15, 0.2) is 0 Å². The van der Waals surface area contributed by atoms with Crippen molar-refractivity contribution in [2.45, 2.75) is 70.9 Å². The molecule has 4 heteroatoms. The monoisotopic (exact) mass is 284 g/mol. The van der Waals surface area contributed by atoms with E-state index in [0.29, 0.717) is 5.92 Å².